The van der Waals surface area contributed by atoms with Gasteiger partial charge in [-0.05, 0) is 12.8 Å². The SMILES string of the molecule is Nc1ncnc2c([C@H]3CC[C@H](O)[C@@H]3O)[nH]nc12. The summed E-state index contributed by atoms with van der Waals surface area (Å²) < 4.78 is 0. The standard InChI is InChI=1S/C10H13N5O2/c11-10-8-7(12-3-13-10)6(14-15-8)4-1-2-5(16)9(4)17/h3-5,9,16-17H,1-2H2,(H,14,15)(H2,11,12,13)/t4-,5+,9-/m1/s1. The van der Waals surface area contributed by atoms with Crippen LogP contribution >= 0.6 is 0 Å². The van der Waals surface area contributed by atoms with Crippen LogP contribution in [0.5, 0.6) is 0 Å². The third-order valence-corrected chi connectivity index (χ3v) is 3.34. The van der Waals surface area contributed by atoms with Gasteiger partial charge in [0, 0.05) is 5.92 Å². The minimum Gasteiger partial charge on any atom is -0.390 e. The topological polar surface area (TPSA) is 121 Å². The number of aromatic amines is 1. The average molecular weight is 235 g/mol. The van der Waals surface area contributed by atoms with Gasteiger partial charge in [0.25, 0.3) is 0 Å². The van der Waals surface area contributed by atoms with Crippen molar-refractivity contribution >= 4 is 16.9 Å². The lowest BCUT2D eigenvalue weighted by atomic mass is 10.0. The number of nitrogens with zero attached hydrogens (tertiary/aromatic N) is 3. The molecular formula is C10H13N5O2. The molecule has 3 atom stereocenters. The zero-order valence-electron chi connectivity index (χ0n) is 9.04. The lowest BCUT2D eigenvalue weighted by Gasteiger charge is -2.14. The zero-order valence-corrected chi connectivity index (χ0v) is 9.04. The Morgan fingerprint density at radius 2 is 2.06 bits per heavy atom. The summed E-state index contributed by atoms with van der Waals surface area (Å²) >= 11 is 0. The van der Waals surface area contributed by atoms with Crippen LogP contribution in [0.25, 0.3) is 11.0 Å². The van der Waals surface area contributed by atoms with E-state index in [4.69, 9.17) is 5.73 Å². The highest BCUT2D eigenvalue weighted by molar-refractivity contribution is 5.85. The van der Waals surface area contributed by atoms with E-state index in [2.05, 4.69) is 20.2 Å². The van der Waals surface area contributed by atoms with Crippen molar-refractivity contribution in [3.63, 3.8) is 0 Å². The molecule has 0 amide bonds. The number of nitrogens with two attached hydrogens (primary N) is 1. The molecule has 2 heterocycles. The average Bonchev–Trinajstić information content (AvgIpc) is 2.86. The Balaban J connectivity index is 2.10. The summed E-state index contributed by atoms with van der Waals surface area (Å²) in [7, 11) is 0. The molecular weight excluding hydrogens is 222 g/mol. The first-order chi connectivity index (χ1) is 8.18. The van der Waals surface area contributed by atoms with Gasteiger partial charge in [-0.25, -0.2) is 9.97 Å². The van der Waals surface area contributed by atoms with Gasteiger partial charge >= 0.3 is 0 Å². The van der Waals surface area contributed by atoms with Crippen LogP contribution in [0.15, 0.2) is 6.33 Å². The van der Waals surface area contributed by atoms with Crippen molar-refractivity contribution in [2.75, 3.05) is 5.73 Å². The molecule has 1 aliphatic carbocycles. The molecule has 0 saturated heterocycles. The molecule has 2 aromatic heterocycles. The number of hydrogen-bond acceptors (Lipinski definition) is 6. The summed E-state index contributed by atoms with van der Waals surface area (Å²) in [6.07, 6.45) is 1.18. The van der Waals surface area contributed by atoms with Crippen LogP contribution in [0.3, 0.4) is 0 Å². The van der Waals surface area contributed by atoms with E-state index in [1.54, 1.807) is 0 Å². The molecule has 2 aromatic rings. The summed E-state index contributed by atoms with van der Waals surface area (Å²) in [5.41, 5.74) is 7.54. The highest BCUT2D eigenvalue weighted by Gasteiger charge is 2.36. The molecule has 0 radical (unpaired) electrons. The van der Waals surface area contributed by atoms with Crippen LogP contribution in [0.2, 0.25) is 0 Å². The molecule has 17 heavy (non-hydrogen) atoms. The Labute approximate surface area is 96.7 Å². The Morgan fingerprint density at radius 1 is 1.24 bits per heavy atom. The van der Waals surface area contributed by atoms with E-state index in [-0.39, 0.29) is 5.92 Å². The van der Waals surface area contributed by atoms with Crippen molar-refractivity contribution in [1.82, 2.24) is 20.2 Å². The molecule has 0 aromatic carbocycles. The van der Waals surface area contributed by atoms with Crippen LogP contribution in [0.1, 0.15) is 24.5 Å². The molecule has 1 fully saturated rings. The van der Waals surface area contributed by atoms with Gasteiger partial charge in [0.1, 0.15) is 11.8 Å². The number of rotatable bonds is 1. The van der Waals surface area contributed by atoms with E-state index >= 15 is 0 Å². The summed E-state index contributed by atoms with van der Waals surface area (Å²) in [5, 5.41) is 26.3. The molecule has 5 N–H and O–H groups in total. The van der Waals surface area contributed by atoms with E-state index in [0.29, 0.717) is 29.7 Å². The Kier molecular flexibility index (Phi) is 2.23. The molecule has 7 nitrogen and oxygen atoms in total. The Morgan fingerprint density at radius 3 is 2.76 bits per heavy atom. The molecule has 1 aliphatic rings. The van der Waals surface area contributed by atoms with Gasteiger partial charge < -0.3 is 15.9 Å². The smallest absolute Gasteiger partial charge is 0.155 e. The minimum atomic E-state index is -0.783. The second-order valence-corrected chi connectivity index (χ2v) is 4.34. The Bertz CT molecular complexity index is 555. The summed E-state index contributed by atoms with van der Waals surface area (Å²) in [4.78, 5) is 7.98. The lowest BCUT2D eigenvalue weighted by molar-refractivity contribution is 0.0348. The predicted molar refractivity (Wildman–Crippen MR) is 60.1 cm³/mol. The number of hydrogen-bond donors (Lipinski definition) is 4. The Hall–Kier alpha value is -1.73. The van der Waals surface area contributed by atoms with Crippen molar-refractivity contribution < 1.29 is 10.2 Å². The highest BCUT2D eigenvalue weighted by Crippen LogP contribution is 2.36. The molecule has 0 bridgehead atoms. The second kappa shape index (κ2) is 3.64. The number of anilines is 1. The highest BCUT2D eigenvalue weighted by atomic mass is 16.3. The summed E-state index contributed by atoms with van der Waals surface area (Å²) in [6.45, 7) is 0. The van der Waals surface area contributed by atoms with E-state index in [1.807, 2.05) is 0 Å². The van der Waals surface area contributed by atoms with Crippen molar-refractivity contribution in [2.24, 2.45) is 0 Å². The summed E-state index contributed by atoms with van der Waals surface area (Å²) in [5.74, 6) is 0.134. The number of H-pyrrole nitrogens is 1. The van der Waals surface area contributed by atoms with Gasteiger partial charge in [-0.1, -0.05) is 0 Å². The fourth-order valence-corrected chi connectivity index (χ4v) is 2.40. The first kappa shape index (κ1) is 10.4. The predicted octanol–water partition coefficient (Wildman–Crippen LogP) is -0.466. The van der Waals surface area contributed by atoms with E-state index in [0.717, 1.165) is 5.69 Å². The van der Waals surface area contributed by atoms with Gasteiger partial charge in [0.15, 0.2) is 11.3 Å². The molecule has 0 unspecified atom stereocenters. The lowest BCUT2D eigenvalue weighted by Crippen LogP contribution is -2.24. The van der Waals surface area contributed by atoms with Crippen LogP contribution in [0, 0.1) is 0 Å². The van der Waals surface area contributed by atoms with Crippen molar-refractivity contribution in [3.8, 4) is 0 Å². The maximum Gasteiger partial charge on any atom is 0.155 e. The first-order valence-electron chi connectivity index (χ1n) is 5.49. The van der Waals surface area contributed by atoms with Gasteiger partial charge in [0.2, 0.25) is 0 Å². The van der Waals surface area contributed by atoms with Crippen LogP contribution in [-0.4, -0.2) is 42.6 Å². The molecule has 0 aliphatic heterocycles. The maximum atomic E-state index is 9.89. The fourth-order valence-electron chi connectivity index (χ4n) is 2.40. The van der Waals surface area contributed by atoms with Gasteiger partial charge in [0.05, 0.1) is 17.9 Å². The molecule has 7 heteroatoms. The zero-order chi connectivity index (χ0) is 12.0. The third-order valence-electron chi connectivity index (χ3n) is 3.34. The normalized spacial score (nSPS) is 28.9. The summed E-state index contributed by atoms with van der Waals surface area (Å²) in [6, 6.07) is 0. The quantitative estimate of drug-likeness (QED) is 0.530. The number of fused-ring (bicyclic) bond motifs is 1. The third kappa shape index (κ3) is 1.47. The number of aromatic nitrogens is 4. The van der Waals surface area contributed by atoms with Gasteiger partial charge in [-0.3, -0.25) is 5.10 Å². The van der Waals surface area contributed by atoms with Crippen molar-refractivity contribution in [2.45, 2.75) is 31.0 Å². The first-order valence-corrected chi connectivity index (χ1v) is 5.49. The molecule has 0 spiro atoms. The van der Waals surface area contributed by atoms with E-state index in [9.17, 15) is 10.2 Å². The van der Waals surface area contributed by atoms with E-state index in [1.165, 1.54) is 6.33 Å². The van der Waals surface area contributed by atoms with Crippen LogP contribution in [-0.2, 0) is 0 Å². The van der Waals surface area contributed by atoms with Crippen molar-refractivity contribution in [3.05, 3.63) is 12.0 Å². The van der Waals surface area contributed by atoms with E-state index < -0.39 is 12.2 Å². The van der Waals surface area contributed by atoms with Crippen LogP contribution < -0.4 is 5.73 Å². The van der Waals surface area contributed by atoms with Gasteiger partial charge in [-0.15, -0.1) is 0 Å². The molecule has 3 rings (SSSR count). The molecule has 1 saturated carbocycles. The second-order valence-electron chi connectivity index (χ2n) is 4.34. The molecule has 90 valence electrons. The maximum absolute atomic E-state index is 9.89. The number of aliphatic hydroxyl groups is 2. The number of aliphatic hydroxyl groups excluding tert-OH is 2. The number of nitrogens with one attached hydrogen (secondary N) is 1. The number of nitrogen functional groups attached to an aromatic ring is 1. The minimum absolute atomic E-state index is 0.177. The monoisotopic (exact) mass is 235 g/mol. The fraction of sp³-hybridized carbons (Fsp3) is 0.500. The largest absolute Gasteiger partial charge is 0.390 e. The van der Waals surface area contributed by atoms with Crippen LogP contribution in [0.4, 0.5) is 5.82 Å². The van der Waals surface area contributed by atoms with Crippen molar-refractivity contribution in [1.29, 1.82) is 0 Å². The van der Waals surface area contributed by atoms with Gasteiger partial charge in [-0.2, -0.15) is 5.10 Å².